The van der Waals surface area contributed by atoms with Crippen molar-refractivity contribution in [3.8, 4) is 0 Å². The molecule has 0 amide bonds. The van der Waals surface area contributed by atoms with Gasteiger partial charge in [0.1, 0.15) is 6.61 Å². The van der Waals surface area contributed by atoms with E-state index < -0.39 is 0 Å². The van der Waals surface area contributed by atoms with Crippen molar-refractivity contribution in [3.05, 3.63) is 71.8 Å². The van der Waals surface area contributed by atoms with Crippen molar-refractivity contribution >= 4 is 17.7 Å². The van der Waals surface area contributed by atoms with Gasteiger partial charge in [-0.25, -0.2) is 4.79 Å². The average molecular weight is 253 g/mol. The van der Waals surface area contributed by atoms with E-state index in [0.717, 1.165) is 11.1 Å². The largest absolute Gasteiger partial charge is 0.458 e. The number of carbonyl (C=O) groups is 1. The van der Waals surface area contributed by atoms with Gasteiger partial charge in [0.25, 0.3) is 0 Å². The number of ether oxygens (including phenoxy) is 1. The molecule has 0 aliphatic heterocycles. The third-order valence-corrected chi connectivity index (χ3v) is 2.57. The summed E-state index contributed by atoms with van der Waals surface area (Å²) in [6.45, 7) is 0.283. The van der Waals surface area contributed by atoms with E-state index in [1.54, 1.807) is 18.2 Å². The molecule has 2 aromatic rings. The molecule has 0 radical (unpaired) electrons. The summed E-state index contributed by atoms with van der Waals surface area (Å²) in [6, 6.07) is 16.8. The van der Waals surface area contributed by atoms with Crippen LogP contribution in [-0.4, -0.2) is 5.97 Å². The molecule has 0 bridgehead atoms. The second-order valence-electron chi connectivity index (χ2n) is 4.09. The molecule has 0 heterocycles. The molecule has 0 atom stereocenters. The second kappa shape index (κ2) is 6.40. The molecule has 3 heteroatoms. The molecule has 0 unspecified atom stereocenters. The zero-order chi connectivity index (χ0) is 13.5. The van der Waals surface area contributed by atoms with Gasteiger partial charge in [0, 0.05) is 11.8 Å². The molecule has 0 fully saturated rings. The predicted molar refractivity (Wildman–Crippen MR) is 76.1 cm³/mol. The van der Waals surface area contributed by atoms with Crippen molar-refractivity contribution in [2.24, 2.45) is 0 Å². The molecule has 0 aliphatic carbocycles. The minimum Gasteiger partial charge on any atom is -0.458 e. The van der Waals surface area contributed by atoms with Crippen molar-refractivity contribution in [1.82, 2.24) is 0 Å². The van der Waals surface area contributed by atoms with Gasteiger partial charge in [-0.15, -0.1) is 0 Å². The minimum absolute atomic E-state index is 0.283. The van der Waals surface area contributed by atoms with Crippen LogP contribution in [0.4, 0.5) is 5.69 Å². The molecule has 3 nitrogen and oxygen atoms in total. The molecule has 2 N–H and O–H groups in total. The van der Waals surface area contributed by atoms with Gasteiger partial charge in [0.15, 0.2) is 0 Å². The Morgan fingerprint density at radius 1 is 1.05 bits per heavy atom. The summed E-state index contributed by atoms with van der Waals surface area (Å²) in [5.74, 6) is -0.360. The number of hydrogen-bond donors (Lipinski definition) is 1. The lowest BCUT2D eigenvalue weighted by Crippen LogP contribution is -2.00. The van der Waals surface area contributed by atoms with Crippen LogP contribution in [0.3, 0.4) is 0 Å². The third kappa shape index (κ3) is 4.32. The zero-order valence-electron chi connectivity index (χ0n) is 10.5. The van der Waals surface area contributed by atoms with Gasteiger partial charge in [-0.05, 0) is 29.3 Å². The highest BCUT2D eigenvalue weighted by Gasteiger charge is 1.98. The number of esters is 1. The summed E-state index contributed by atoms with van der Waals surface area (Å²) in [4.78, 5) is 11.5. The summed E-state index contributed by atoms with van der Waals surface area (Å²) >= 11 is 0. The van der Waals surface area contributed by atoms with Crippen LogP contribution in [0, 0.1) is 0 Å². The predicted octanol–water partition coefficient (Wildman–Crippen LogP) is 3.03. The summed E-state index contributed by atoms with van der Waals surface area (Å²) < 4.78 is 5.12. The topological polar surface area (TPSA) is 52.3 Å². The average Bonchev–Trinajstić information content (AvgIpc) is 2.45. The lowest BCUT2D eigenvalue weighted by atomic mass is 10.2. The van der Waals surface area contributed by atoms with Gasteiger partial charge >= 0.3 is 5.97 Å². The van der Waals surface area contributed by atoms with Crippen molar-refractivity contribution in [2.45, 2.75) is 6.61 Å². The first-order chi connectivity index (χ1) is 9.24. The normalized spacial score (nSPS) is 10.5. The Morgan fingerprint density at radius 3 is 2.42 bits per heavy atom. The van der Waals surface area contributed by atoms with Crippen LogP contribution >= 0.6 is 0 Å². The highest BCUT2D eigenvalue weighted by Crippen LogP contribution is 2.07. The highest BCUT2D eigenvalue weighted by atomic mass is 16.5. The first kappa shape index (κ1) is 12.9. The van der Waals surface area contributed by atoms with E-state index in [1.165, 1.54) is 6.08 Å². The summed E-state index contributed by atoms with van der Waals surface area (Å²) in [5, 5.41) is 0. The molecule has 0 spiro atoms. The van der Waals surface area contributed by atoms with E-state index in [1.807, 2.05) is 42.5 Å². The molecule has 96 valence electrons. The molecule has 0 aliphatic rings. The van der Waals surface area contributed by atoms with Gasteiger partial charge in [-0.2, -0.15) is 0 Å². The quantitative estimate of drug-likeness (QED) is 0.517. The maximum atomic E-state index is 11.5. The van der Waals surface area contributed by atoms with Crippen LogP contribution in [-0.2, 0) is 16.1 Å². The molecular weight excluding hydrogens is 238 g/mol. The fourth-order valence-electron chi connectivity index (χ4n) is 1.55. The number of anilines is 1. The maximum absolute atomic E-state index is 11.5. The number of rotatable bonds is 4. The number of hydrogen-bond acceptors (Lipinski definition) is 3. The van der Waals surface area contributed by atoms with Gasteiger partial charge in [0.2, 0.25) is 0 Å². The van der Waals surface area contributed by atoms with Crippen LogP contribution < -0.4 is 5.73 Å². The van der Waals surface area contributed by atoms with E-state index in [9.17, 15) is 4.79 Å². The Hall–Kier alpha value is -2.55. The SMILES string of the molecule is Nc1ccc(C=CC(=O)OCc2ccccc2)cc1. The van der Waals surface area contributed by atoms with Crippen LogP contribution in [0.5, 0.6) is 0 Å². The monoisotopic (exact) mass is 253 g/mol. The lowest BCUT2D eigenvalue weighted by molar-refractivity contribution is -0.138. The maximum Gasteiger partial charge on any atom is 0.331 e. The number of benzene rings is 2. The van der Waals surface area contributed by atoms with Crippen LogP contribution in [0.15, 0.2) is 60.7 Å². The fourth-order valence-corrected chi connectivity index (χ4v) is 1.55. The van der Waals surface area contributed by atoms with Crippen molar-refractivity contribution in [1.29, 1.82) is 0 Å². The molecule has 0 saturated heterocycles. The van der Waals surface area contributed by atoms with Crippen LogP contribution in [0.2, 0.25) is 0 Å². The van der Waals surface area contributed by atoms with Crippen molar-refractivity contribution in [3.63, 3.8) is 0 Å². The van der Waals surface area contributed by atoms with Crippen LogP contribution in [0.1, 0.15) is 11.1 Å². The Morgan fingerprint density at radius 2 is 1.74 bits per heavy atom. The summed E-state index contributed by atoms with van der Waals surface area (Å²) in [5.41, 5.74) is 8.15. The van der Waals surface area contributed by atoms with Crippen LogP contribution in [0.25, 0.3) is 6.08 Å². The van der Waals surface area contributed by atoms with E-state index in [-0.39, 0.29) is 12.6 Å². The number of nitrogens with two attached hydrogens (primary N) is 1. The minimum atomic E-state index is -0.360. The standard InChI is InChI=1S/C16H15NO2/c17-15-9-6-13(7-10-15)8-11-16(18)19-12-14-4-2-1-3-5-14/h1-11H,12,17H2. The number of nitrogen functional groups attached to an aromatic ring is 1. The first-order valence-electron chi connectivity index (χ1n) is 5.98. The molecule has 2 aromatic carbocycles. The molecule has 19 heavy (non-hydrogen) atoms. The Bertz CT molecular complexity index is 559. The molecule has 0 aromatic heterocycles. The Balaban J connectivity index is 1.86. The summed E-state index contributed by atoms with van der Waals surface area (Å²) in [7, 11) is 0. The van der Waals surface area contributed by atoms with E-state index >= 15 is 0 Å². The van der Waals surface area contributed by atoms with E-state index in [0.29, 0.717) is 5.69 Å². The van der Waals surface area contributed by atoms with E-state index in [2.05, 4.69) is 0 Å². The van der Waals surface area contributed by atoms with Gasteiger partial charge in [0.05, 0.1) is 0 Å². The van der Waals surface area contributed by atoms with Crippen molar-refractivity contribution < 1.29 is 9.53 Å². The molecule has 2 rings (SSSR count). The van der Waals surface area contributed by atoms with Gasteiger partial charge < -0.3 is 10.5 Å². The Labute approximate surface area is 112 Å². The van der Waals surface area contributed by atoms with Gasteiger partial charge in [-0.1, -0.05) is 42.5 Å². The van der Waals surface area contributed by atoms with Crippen molar-refractivity contribution in [2.75, 3.05) is 5.73 Å². The zero-order valence-corrected chi connectivity index (χ0v) is 10.5. The highest BCUT2D eigenvalue weighted by molar-refractivity contribution is 5.87. The second-order valence-corrected chi connectivity index (χ2v) is 4.09. The number of carbonyl (C=O) groups excluding carboxylic acids is 1. The van der Waals surface area contributed by atoms with Gasteiger partial charge in [-0.3, -0.25) is 0 Å². The third-order valence-electron chi connectivity index (χ3n) is 2.57. The molecule has 0 saturated carbocycles. The molecular formula is C16H15NO2. The summed E-state index contributed by atoms with van der Waals surface area (Å²) in [6.07, 6.45) is 3.11. The fraction of sp³-hybridized carbons (Fsp3) is 0.0625. The first-order valence-corrected chi connectivity index (χ1v) is 5.98. The lowest BCUT2D eigenvalue weighted by Gasteiger charge is -2.01. The Kier molecular flexibility index (Phi) is 4.34. The smallest absolute Gasteiger partial charge is 0.331 e. The van der Waals surface area contributed by atoms with E-state index in [4.69, 9.17) is 10.5 Å².